The van der Waals surface area contributed by atoms with Crippen LogP contribution in [0.3, 0.4) is 0 Å². The fourth-order valence-corrected chi connectivity index (χ4v) is 5.31. The molecule has 0 atom stereocenters. The molecule has 1 aliphatic rings. The van der Waals surface area contributed by atoms with Gasteiger partial charge in [0.25, 0.3) is 5.91 Å². The molecule has 1 saturated heterocycles. The Morgan fingerprint density at radius 2 is 1.80 bits per heavy atom. The molecule has 1 aromatic heterocycles. The minimum Gasteiger partial charge on any atom is -0.507 e. The molecular formula is C26H34N4O8S2. The number of benzene rings is 1. The Balaban J connectivity index is 1.89. The van der Waals surface area contributed by atoms with Crippen molar-refractivity contribution in [2.75, 3.05) is 23.0 Å². The SMILES string of the molecule is CC(C)(C)OC(=O)N(Cc1csc(NC(=O)c2cc(N3CCC(=O)NC3=O)cc(C(C)(C)C)c2O)c1)S(C)(=O)=O. The number of phenolic OH excluding ortho intramolecular Hbond substituents is 1. The number of imide groups is 1. The van der Waals surface area contributed by atoms with Crippen LogP contribution < -0.4 is 15.5 Å². The van der Waals surface area contributed by atoms with Crippen LogP contribution in [-0.2, 0) is 31.5 Å². The summed E-state index contributed by atoms with van der Waals surface area (Å²) in [5, 5.41) is 17.9. The minimum atomic E-state index is -3.95. The van der Waals surface area contributed by atoms with Crippen LogP contribution in [0.4, 0.5) is 20.3 Å². The molecule has 0 spiro atoms. The van der Waals surface area contributed by atoms with Gasteiger partial charge in [0.05, 0.1) is 23.4 Å². The molecule has 14 heteroatoms. The number of amides is 5. The molecule has 0 saturated carbocycles. The third-order valence-electron chi connectivity index (χ3n) is 5.73. The summed E-state index contributed by atoms with van der Waals surface area (Å²) >= 11 is 1.10. The van der Waals surface area contributed by atoms with Crippen LogP contribution >= 0.6 is 11.3 Å². The van der Waals surface area contributed by atoms with E-state index in [1.165, 1.54) is 17.0 Å². The lowest BCUT2D eigenvalue weighted by molar-refractivity contribution is -0.120. The van der Waals surface area contributed by atoms with Crippen LogP contribution in [0.15, 0.2) is 23.6 Å². The molecule has 0 bridgehead atoms. The Labute approximate surface area is 237 Å². The molecule has 0 radical (unpaired) electrons. The lowest BCUT2D eigenvalue weighted by Gasteiger charge is -2.29. The summed E-state index contributed by atoms with van der Waals surface area (Å²) in [6.45, 7) is 10.2. The van der Waals surface area contributed by atoms with E-state index in [1.54, 1.807) is 32.2 Å². The standard InChI is InChI=1S/C26H34N4O8S2/c1-25(2,3)18-12-16(29-9-8-19(31)27-23(29)34)11-17(21(18)32)22(33)28-20-10-15(14-39-20)13-30(40(7,36)37)24(35)38-26(4,5)6/h10-12,14,32H,8-9,13H2,1-7H3,(H,28,33)(H,27,31,34). The highest BCUT2D eigenvalue weighted by atomic mass is 32.2. The van der Waals surface area contributed by atoms with Crippen molar-refractivity contribution in [2.24, 2.45) is 0 Å². The largest absolute Gasteiger partial charge is 0.507 e. The summed E-state index contributed by atoms with van der Waals surface area (Å²) in [6.07, 6.45) is -0.0376. The number of nitrogens with zero attached hydrogens (tertiary/aromatic N) is 2. The summed E-state index contributed by atoms with van der Waals surface area (Å²) in [4.78, 5) is 51.2. The fourth-order valence-electron chi connectivity index (χ4n) is 3.83. The fraction of sp³-hybridized carbons (Fsp3) is 0.462. The molecule has 12 nitrogen and oxygen atoms in total. The van der Waals surface area contributed by atoms with Gasteiger partial charge in [-0.1, -0.05) is 20.8 Å². The molecule has 3 rings (SSSR count). The van der Waals surface area contributed by atoms with Crippen molar-refractivity contribution < 1.29 is 37.4 Å². The third kappa shape index (κ3) is 7.50. The lowest BCUT2D eigenvalue weighted by Crippen LogP contribution is -2.49. The highest BCUT2D eigenvalue weighted by Gasteiger charge is 2.31. The molecule has 1 aliphatic heterocycles. The quantitative estimate of drug-likeness (QED) is 0.449. The van der Waals surface area contributed by atoms with Crippen LogP contribution in [-0.4, -0.2) is 60.2 Å². The van der Waals surface area contributed by atoms with Crippen molar-refractivity contribution in [1.29, 1.82) is 0 Å². The maximum absolute atomic E-state index is 13.3. The Kier molecular flexibility index (Phi) is 8.56. The summed E-state index contributed by atoms with van der Waals surface area (Å²) in [5.41, 5.74) is -0.392. The van der Waals surface area contributed by atoms with E-state index in [4.69, 9.17) is 4.74 Å². The molecule has 40 heavy (non-hydrogen) atoms. The first-order valence-corrected chi connectivity index (χ1v) is 15.1. The first-order chi connectivity index (χ1) is 18.3. The second-order valence-electron chi connectivity index (χ2n) is 11.4. The Morgan fingerprint density at radius 3 is 2.35 bits per heavy atom. The topological polar surface area (TPSA) is 162 Å². The number of nitrogens with one attached hydrogen (secondary N) is 2. The number of hydrogen-bond acceptors (Lipinski definition) is 9. The number of aromatic hydroxyl groups is 1. The average molecular weight is 595 g/mol. The summed E-state index contributed by atoms with van der Waals surface area (Å²) in [5.74, 6) is -1.32. The van der Waals surface area contributed by atoms with Crippen molar-refractivity contribution in [3.05, 3.63) is 40.3 Å². The zero-order valence-corrected chi connectivity index (χ0v) is 25.1. The van der Waals surface area contributed by atoms with Crippen LogP contribution in [0.25, 0.3) is 0 Å². The predicted octanol–water partition coefficient (Wildman–Crippen LogP) is 4.15. The molecule has 3 N–H and O–H groups in total. The molecule has 0 unspecified atom stereocenters. The van der Waals surface area contributed by atoms with E-state index in [-0.39, 0.29) is 30.8 Å². The van der Waals surface area contributed by atoms with Crippen LogP contribution in [0.2, 0.25) is 0 Å². The highest BCUT2D eigenvalue weighted by molar-refractivity contribution is 7.88. The second-order valence-corrected chi connectivity index (χ2v) is 14.2. The van der Waals surface area contributed by atoms with Gasteiger partial charge in [-0.05, 0) is 55.3 Å². The van der Waals surface area contributed by atoms with E-state index in [9.17, 15) is 32.7 Å². The number of phenols is 1. The summed E-state index contributed by atoms with van der Waals surface area (Å²) < 4.78 is 30.4. The minimum absolute atomic E-state index is 0.0881. The van der Waals surface area contributed by atoms with Gasteiger partial charge in [0.1, 0.15) is 11.4 Å². The van der Waals surface area contributed by atoms with Crippen LogP contribution in [0.5, 0.6) is 5.75 Å². The third-order valence-corrected chi connectivity index (χ3v) is 7.70. The van der Waals surface area contributed by atoms with Crippen LogP contribution in [0.1, 0.15) is 69.4 Å². The van der Waals surface area contributed by atoms with E-state index in [1.807, 2.05) is 20.8 Å². The van der Waals surface area contributed by atoms with Crippen LogP contribution in [0, 0.1) is 0 Å². The van der Waals surface area contributed by atoms with E-state index >= 15 is 0 Å². The number of urea groups is 1. The Morgan fingerprint density at radius 1 is 1.15 bits per heavy atom. The normalized spacial score (nSPS) is 14.5. The summed E-state index contributed by atoms with van der Waals surface area (Å²) in [7, 11) is -3.95. The van der Waals surface area contributed by atoms with Gasteiger partial charge in [0, 0.05) is 24.2 Å². The number of hydrogen-bond donors (Lipinski definition) is 3. The number of sulfonamides is 1. The van der Waals surface area contributed by atoms with E-state index in [0.717, 1.165) is 17.6 Å². The smallest absolute Gasteiger partial charge is 0.424 e. The zero-order chi connectivity index (χ0) is 30.2. The van der Waals surface area contributed by atoms with Gasteiger partial charge < -0.3 is 15.2 Å². The van der Waals surface area contributed by atoms with Gasteiger partial charge in [-0.2, -0.15) is 0 Å². The number of carbonyl (C=O) groups excluding carboxylic acids is 4. The van der Waals surface area contributed by atoms with E-state index < -0.39 is 45.0 Å². The molecule has 1 aromatic carbocycles. The lowest BCUT2D eigenvalue weighted by atomic mass is 9.84. The Bertz CT molecular complexity index is 1450. The molecule has 5 amide bonds. The van der Waals surface area contributed by atoms with Gasteiger partial charge in [0.15, 0.2) is 0 Å². The number of rotatable bonds is 6. The Hall–Kier alpha value is -3.65. The highest BCUT2D eigenvalue weighted by Crippen LogP contribution is 2.38. The number of ether oxygens (including phenoxy) is 1. The second kappa shape index (κ2) is 11.1. The number of anilines is 2. The van der Waals surface area contributed by atoms with Crippen molar-refractivity contribution in [3.63, 3.8) is 0 Å². The van der Waals surface area contributed by atoms with Crippen molar-refractivity contribution >= 4 is 56.0 Å². The van der Waals surface area contributed by atoms with E-state index in [0.29, 0.717) is 26.1 Å². The van der Waals surface area contributed by atoms with Gasteiger partial charge in [-0.25, -0.2) is 22.3 Å². The van der Waals surface area contributed by atoms with Crippen molar-refractivity contribution in [3.8, 4) is 5.75 Å². The summed E-state index contributed by atoms with van der Waals surface area (Å²) in [6, 6.07) is 3.87. The first kappa shape index (κ1) is 30.9. The maximum Gasteiger partial charge on any atom is 0.424 e. The first-order valence-electron chi connectivity index (χ1n) is 12.3. The molecule has 2 aromatic rings. The van der Waals surface area contributed by atoms with Crippen molar-refractivity contribution in [1.82, 2.24) is 9.62 Å². The van der Waals surface area contributed by atoms with Gasteiger partial charge in [0.2, 0.25) is 15.9 Å². The number of carbonyl (C=O) groups is 4. The molecule has 2 heterocycles. The van der Waals surface area contributed by atoms with E-state index in [2.05, 4.69) is 10.6 Å². The number of thiophene rings is 1. The molecular weight excluding hydrogens is 560 g/mol. The molecule has 218 valence electrons. The molecule has 1 fully saturated rings. The maximum atomic E-state index is 13.3. The monoisotopic (exact) mass is 594 g/mol. The van der Waals surface area contributed by atoms with Gasteiger partial charge in [-0.15, -0.1) is 11.3 Å². The zero-order valence-electron chi connectivity index (χ0n) is 23.4. The average Bonchev–Trinajstić information content (AvgIpc) is 3.22. The predicted molar refractivity (Wildman–Crippen MR) is 151 cm³/mol. The van der Waals surface area contributed by atoms with Gasteiger partial charge in [-0.3, -0.25) is 19.8 Å². The van der Waals surface area contributed by atoms with Crippen molar-refractivity contribution in [2.45, 2.75) is 65.5 Å². The van der Waals surface area contributed by atoms with Gasteiger partial charge >= 0.3 is 12.1 Å². The molecule has 0 aliphatic carbocycles.